The van der Waals surface area contributed by atoms with Crippen molar-refractivity contribution in [3.05, 3.63) is 96.2 Å². The van der Waals surface area contributed by atoms with Crippen molar-refractivity contribution in [2.24, 2.45) is 5.92 Å². The molecular formula is C31H27FN6O. The third-order valence-corrected chi connectivity index (χ3v) is 6.85. The maximum atomic E-state index is 13.5. The van der Waals surface area contributed by atoms with Crippen LogP contribution in [-0.2, 0) is 4.79 Å². The molecule has 6 rings (SSSR count). The molecule has 0 aliphatic heterocycles. The molecule has 0 radical (unpaired) electrons. The molecule has 1 amide bonds. The number of amides is 1. The Balaban J connectivity index is 1.39. The van der Waals surface area contributed by atoms with Gasteiger partial charge >= 0.3 is 0 Å². The lowest BCUT2D eigenvalue weighted by atomic mass is 10.0. The molecule has 194 valence electrons. The van der Waals surface area contributed by atoms with E-state index >= 15 is 0 Å². The molecule has 0 atom stereocenters. The summed E-state index contributed by atoms with van der Waals surface area (Å²) in [6, 6.07) is 12.4. The number of benzene rings is 2. The predicted octanol–water partition coefficient (Wildman–Crippen LogP) is 6.70. The van der Waals surface area contributed by atoms with Gasteiger partial charge in [0.1, 0.15) is 11.5 Å². The van der Waals surface area contributed by atoms with Gasteiger partial charge in [0.05, 0.1) is 22.7 Å². The molecule has 7 nitrogen and oxygen atoms in total. The van der Waals surface area contributed by atoms with Crippen LogP contribution in [-0.4, -0.2) is 31.1 Å². The second-order valence-corrected chi connectivity index (χ2v) is 9.62. The molecule has 0 spiro atoms. The standard InChI is InChI=1S/C31H27FN6O/c1-3-5-23(34-31(39)20-6-7-20)14-18(4-2)21-10-13-26-24(15-21)29(38-37-26)30-35-27-17-33-16-25(28(27)36-30)19-8-11-22(32)12-9-19/h3-5,8-17,20H,6-7H2,1-2H3,(H,34,39)(H,35,36)(H,37,38)/b5-3+,18-4+,23-14+. The quantitative estimate of drug-likeness (QED) is 0.209. The number of rotatable bonds is 7. The summed E-state index contributed by atoms with van der Waals surface area (Å²) < 4.78 is 13.5. The lowest BCUT2D eigenvalue weighted by Crippen LogP contribution is -2.23. The fourth-order valence-corrected chi connectivity index (χ4v) is 4.66. The molecule has 8 heteroatoms. The van der Waals surface area contributed by atoms with Gasteiger partial charge in [0.25, 0.3) is 0 Å². The summed E-state index contributed by atoms with van der Waals surface area (Å²) in [5.41, 5.74) is 7.41. The number of aromatic nitrogens is 5. The zero-order valence-electron chi connectivity index (χ0n) is 21.6. The summed E-state index contributed by atoms with van der Waals surface area (Å²) in [4.78, 5) is 25.0. The van der Waals surface area contributed by atoms with Crippen molar-refractivity contribution in [2.75, 3.05) is 0 Å². The third kappa shape index (κ3) is 4.88. The highest BCUT2D eigenvalue weighted by Crippen LogP contribution is 2.33. The van der Waals surface area contributed by atoms with Crippen LogP contribution in [0.25, 0.3) is 50.2 Å². The van der Waals surface area contributed by atoms with Crippen LogP contribution in [0.15, 0.2) is 84.9 Å². The Morgan fingerprint density at radius 1 is 1.08 bits per heavy atom. The van der Waals surface area contributed by atoms with Crippen LogP contribution >= 0.6 is 0 Å². The maximum absolute atomic E-state index is 13.5. The molecule has 0 saturated heterocycles. The average Bonchev–Trinajstić information content (AvgIpc) is 3.58. The number of hydrogen-bond acceptors (Lipinski definition) is 4. The molecule has 1 aliphatic carbocycles. The van der Waals surface area contributed by atoms with Crippen LogP contribution in [0.2, 0.25) is 0 Å². The molecule has 1 aliphatic rings. The topological polar surface area (TPSA) is 99.3 Å². The van der Waals surface area contributed by atoms with Crippen molar-refractivity contribution in [3.8, 4) is 22.6 Å². The maximum Gasteiger partial charge on any atom is 0.227 e. The Kier molecular flexibility index (Phi) is 6.36. The van der Waals surface area contributed by atoms with E-state index < -0.39 is 0 Å². The van der Waals surface area contributed by atoms with E-state index in [1.807, 2.05) is 50.3 Å². The number of nitrogens with zero attached hydrogens (tertiary/aromatic N) is 3. The Morgan fingerprint density at radius 3 is 2.64 bits per heavy atom. The highest BCUT2D eigenvalue weighted by molar-refractivity contribution is 5.98. The number of pyridine rings is 1. The number of allylic oxidation sites excluding steroid dienone is 5. The summed E-state index contributed by atoms with van der Waals surface area (Å²) in [5, 5.41) is 11.6. The molecule has 0 bridgehead atoms. The van der Waals surface area contributed by atoms with Gasteiger partial charge in [-0.3, -0.25) is 14.9 Å². The molecule has 3 N–H and O–H groups in total. The summed E-state index contributed by atoms with van der Waals surface area (Å²) in [7, 11) is 0. The van der Waals surface area contributed by atoms with Gasteiger partial charge in [-0.05, 0) is 79.8 Å². The highest BCUT2D eigenvalue weighted by Gasteiger charge is 2.29. The van der Waals surface area contributed by atoms with Gasteiger partial charge in [-0.1, -0.05) is 30.4 Å². The minimum Gasteiger partial charge on any atom is -0.335 e. The van der Waals surface area contributed by atoms with Crippen molar-refractivity contribution >= 4 is 33.4 Å². The number of imidazole rings is 1. The first-order valence-corrected chi connectivity index (χ1v) is 12.9. The number of aromatic amines is 2. The van der Waals surface area contributed by atoms with Gasteiger partial charge in [-0.25, -0.2) is 9.37 Å². The van der Waals surface area contributed by atoms with Crippen molar-refractivity contribution in [3.63, 3.8) is 0 Å². The van der Waals surface area contributed by atoms with Crippen LogP contribution in [0, 0.1) is 11.7 Å². The molecule has 3 aromatic heterocycles. The van der Waals surface area contributed by atoms with Crippen molar-refractivity contribution in [2.45, 2.75) is 26.7 Å². The number of hydrogen-bond donors (Lipinski definition) is 3. The van der Waals surface area contributed by atoms with Crippen LogP contribution in [0.4, 0.5) is 4.39 Å². The lowest BCUT2D eigenvalue weighted by Gasteiger charge is -2.09. The van der Waals surface area contributed by atoms with Crippen molar-refractivity contribution < 1.29 is 9.18 Å². The zero-order chi connectivity index (χ0) is 26.9. The Labute approximate surface area is 224 Å². The van der Waals surface area contributed by atoms with Gasteiger partial charge in [0.15, 0.2) is 5.82 Å². The Hall–Kier alpha value is -4.85. The largest absolute Gasteiger partial charge is 0.335 e. The molecular weight excluding hydrogens is 491 g/mol. The molecule has 3 heterocycles. The minimum absolute atomic E-state index is 0.0711. The Bertz CT molecular complexity index is 1790. The smallest absolute Gasteiger partial charge is 0.227 e. The van der Waals surface area contributed by atoms with E-state index in [4.69, 9.17) is 4.98 Å². The molecule has 0 unspecified atom stereocenters. The van der Waals surface area contributed by atoms with E-state index in [2.05, 4.69) is 31.5 Å². The average molecular weight is 519 g/mol. The van der Waals surface area contributed by atoms with E-state index in [0.29, 0.717) is 11.5 Å². The summed E-state index contributed by atoms with van der Waals surface area (Å²) in [6.45, 7) is 3.91. The number of H-pyrrole nitrogens is 2. The molecule has 1 saturated carbocycles. The number of halogens is 1. The summed E-state index contributed by atoms with van der Waals surface area (Å²) in [6.07, 6.45) is 13.2. The van der Waals surface area contributed by atoms with Gasteiger partial charge in [-0.2, -0.15) is 5.10 Å². The van der Waals surface area contributed by atoms with Gasteiger partial charge < -0.3 is 10.3 Å². The van der Waals surface area contributed by atoms with Gasteiger partial charge in [0.2, 0.25) is 5.91 Å². The second-order valence-electron chi connectivity index (χ2n) is 9.62. The number of carbonyl (C=O) groups excluding carboxylic acids is 1. The summed E-state index contributed by atoms with van der Waals surface area (Å²) in [5.74, 6) is 0.509. The van der Waals surface area contributed by atoms with Gasteiger partial charge in [0, 0.05) is 28.8 Å². The first kappa shape index (κ1) is 24.5. The van der Waals surface area contributed by atoms with Crippen LogP contribution in [0.3, 0.4) is 0 Å². The minimum atomic E-state index is -0.293. The molecule has 1 fully saturated rings. The van der Waals surface area contributed by atoms with E-state index in [1.54, 1.807) is 24.5 Å². The van der Waals surface area contributed by atoms with Crippen LogP contribution in [0.1, 0.15) is 32.3 Å². The van der Waals surface area contributed by atoms with Gasteiger partial charge in [-0.15, -0.1) is 0 Å². The normalized spacial score (nSPS) is 14.5. The van der Waals surface area contributed by atoms with E-state index in [0.717, 1.165) is 62.7 Å². The first-order chi connectivity index (χ1) is 19.0. The fraction of sp³-hybridized carbons (Fsp3) is 0.161. The molecule has 39 heavy (non-hydrogen) atoms. The molecule has 2 aromatic carbocycles. The van der Waals surface area contributed by atoms with Crippen LogP contribution < -0.4 is 5.32 Å². The van der Waals surface area contributed by atoms with Crippen molar-refractivity contribution in [1.82, 2.24) is 30.5 Å². The van der Waals surface area contributed by atoms with E-state index in [-0.39, 0.29) is 17.6 Å². The van der Waals surface area contributed by atoms with E-state index in [9.17, 15) is 9.18 Å². The van der Waals surface area contributed by atoms with E-state index in [1.165, 1.54) is 12.1 Å². The van der Waals surface area contributed by atoms with Crippen LogP contribution in [0.5, 0.6) is 0 Å². The fourth-order valence-electron chi connectivity index (χ4n) is 4.66. The lowest BCUT2D eigenvalue weighted by molar-refractivity contribution is -0.121. The monoisotopic (exact) mass is 518 g/mol. The number of nitrogens with one attached hydrogen (secondary N) is 3. The first-order valence-electron chi connectivity index (χ1n) is 12.9. The number of fused-ring (bicyclic) bond motifs is 2. The SMILES string of the molecule is C/C=C/C(=C\C(=C/C)c1ccc2[nH]nc(-c3nc4c(-c5ccc(F)cc5)cncc4[nH]3)c2c1)NC(=O)C1CC1. The predicted molar refractivity (Wildman–Crippen MR) is 152 cm³/mol. The van der Waals surface area contributed by atoms with Crippen molar-refractivity contribution in [1.29, 1.82) is 0 Å². The Morgan fingerprint density at radius 2 is 1.90 bits per heavy atom. The zero-order valence-corrected chi connectivity index (χ0v) is 21.6. The highest BCUT2D eigenvalue weighted by atomic mass is 19.1. The molecule has 5 aromatic rings. The summed E-state index contributed by atoms with van der Waals surface area (Å²) >= 11 is 0. The number of carbonyl (C=O) groups is 1. The second kappa shape index (κ2) is 10.1. The third-order valence-electron chi connectivity index (χ3n) is 6.85.